The number of aliphatic imine (C=N–C) groups is 1. The number of likely N-dealkylation sites (N-methyl/N-ethyl adjacent to an activating group) is 1. The number of pyridine rings is 1. The zero-order valence-corrected chi connectivity index (χ0v) is 31.9. The van der Waals surface area contributed by atoms with Gasteiger partial charge in [0.1, 0.15) is 29.9 Å². The molecule has 5 aromatic rings. The quantitative estimate of drug-likeness (QED) is 0.0506. The molecule has 0 saturated carbocycles. The van der Waals surface area contributed by atoms with Gasteiger partial charge in [-0.2, -0.15) is 4.98 Å². The van der Waals surface area contributed by atoms with Gasteiger partial charge in [-0.15, -0.1) is 0 Å². The number of carbonyl (C=O) groups excluding carboxylic acids is 1. The molecule has 0 spiro atoms. The van der Waals surface area contributed by atoms with Crippen molar-refractivity contribution in [2.75, 3.05) is 46.7 Å². The maximum Gasteiger partial charge on any atom is 0.368 e. The van der Waals surface area contributed by atoms with E-state index in [1.807, 2.05) is 75.6 Å². The van der Waals surface area contributed by atoms with Crippen molar-refractivity contribution in [1.82, 2.24) is 14.5 Å². The number of ether oxygens (including phenoxy) is 2. The van der Waals surface area contributed by atoms with Gasteiger partial charge in [-0.1, -0.05) is 59.1 Å². The third kappa shape index (κ3) is 8.80. The van der Waals surface area contributed by atoms with Crippen molar-refractivity contribution in [3.05, 3.63) is 139 Å². The van der Waals surface area contributed by atoms with Crippen molar-refractivity contribution < 1.29 is 23.7 Å². The molecule has 0 fully saturated rings. The van der Waals surface area contributed by atoms with E-state index in [-0.39, 0.29) is 28.6 Å². The molecule has 0 bridgehead atoms. The molecule has 1 aliphatic rings. The predicted molar refractivity (Wildman–Crippen MR) is 214 cm³/mol. The Morgan fingerprint density at radius 1 is 1.07 bits per heavy atom. The minimum Gasteiger partial charge on any atom is -0.497 e. The minimum absolute atomic E-state index is 0.0941. The van der Waals surface area contributed by atoms with Crippen molar-refractivity contribution in [3.8, 4) is 22.6 Å². The number of benzene rings is 3. The highest BCUT2D eigenvalue weighted by Crippen LogP contribution is 2.39. The number of carbonyl (C=O) groups is 1. The minimum atomic E-state index is -0.540. The second-order valence-electron chi connectivity index (χ2n) is 13.8. The number of fused-ring (bicyclic) bond motifs is 1. The van der Waals surface area contributed by atoms with E-state index in [4.69, 9.17) is 26.1 Å². The average molecular weight is 763 g/mol. The molecule has 0 saturated heterocycles. The summed E-state index contributed by atoms with van der Waals surface area (Å²) in [6.45, 7) is 2.84. The summed E-state index contributed by atoms with van der Waals surface area (Å²) in [5, 5.41) is 15.4. The molecule has 1 aliphatic heterocycles. The van der Waals surface area contributed by atoms with Crippen LogP contribution in [0, 0.1) is 10.1 Å². The molecule has 55 heavy (non-hydrogen) atoms. The number of aromatic nitrogens is 3. The molecule has 2 aromatic heterocycles. The van der Waals surface area contributed by atoms with E-state index >= 15 is 0 Å². The van der Waals surface area contributed by atoms with Crippen molar-refractivity contribution in [1.29, 1.82) is 0 Å². The van der Waals surface area contributed by atoms with Crippen LogP contribution in [0.2, 0.25) is 5.02 Å². The van der Waals surface area contributed by atoms with Crippen molar-refractivity contribution in [3.63, 3.8) is 0 Å². The van der Waals surface area contributed by atoms with Gasteiger partial charge >= 0.3 is 5.82 Å². The molecule has 282 valence electrons. The predicted octanol–water partition coefficient (Wildman–Crippen LogP) is 7.19. The highest BCUT2D eigenvalue weighted by Gasteiger charge is 2.28. The first-order chi connectivity index (χ1) is 26.4. The Bertz CT molecular complexity index is 2420. The second-order valence-corrected chi connectivity index (χ2v) is 14.2. The van der Waals surface area contributed by atoms with Crippen molar-refractivity contribution >= 4 is 46.3 Å². The van der Waals surface area contributed by atoms with Gasteiger partial charge in [0.25, 0.3) is 5.56 Å². The number of anilines is 2. The van der Waals surface area contributed by atoms with Crippen LogP contribution in [0.25, 0.3) is 22.2 Å². The lowest BCUT2D eigenvalue weighted by atomic mass is 10.00. The number of hydrogen-bond donors (Lipinski definition) is 1. The Hall–Kier alpha value is -6.18. The number of nitro groups is 1. The SMILES string of the molecule is COc1cc(OC)c(Cl)c(-c2cc3cnc(Nc4ccccc4)nc3n(C(C)c3cccc(CC(=O)/C=C/C[N+](C)(C)CC4=C([N+](=O)[O-])N=CC4)c3)c2=O)c1. The van der Waals surface area contributed by atoms with Crippen LogP contribution in [-0.4, -0.2) is 77.3 Å². The van der Waals surface area contributed by atoms with Gasteiger partial charge in [0.15, 0.2) is 5.78 Å². The molecule has 3 heterocycles. The fraction of sp³-hybridized carbons (Fsp3) is 0.244. The summed E-state index contributed by atoms with van der Waals surface area (Å²) in [5.74, 6) is 0.936. The van der Waals surface area contributed by atoms with E-state index in [0.29, 0.717) is 69.2 Å². The first kappa shape index (κ1) is 38.5. The molecule has 0 radical (unpaired) electrons. The van der Waals surface area contributed by atoms with E-state index < -0.39 is 11.0 Å². The molecule has 0 aliphatic carbocycles. The maximum atomic E-state index is 14.7. The van der Waals surface area contributed by atoms with E-state index in [9.17, 15) is 19.7 Å². The highest BCUT2D eigenvalue weighted by atomic mass is 35.5. The molecule has 13 nitrogen and oxygen atoms in total. The van der Waals surface area contributed by atoms with Crippen LogP contribution in [-0.2, 0) is 11.2 Å². The topological polar surface area (TPSA) is 151 Å². The smallest absolute Gasteiger partial charge is 0.368 e. The van der Waals surface area contributed by atoms with Gasteiger partial charge in [-0.05, 0) is 59.4 Å². The zero-order valence-electron chi connectivity index (χ0n) is 31.2. The van der Waals surface area contributed by atoms with E-state index in [2.05, 4.69) is 15.3 Å². The largest absolute Gasteiger partial charge is 0.497 e. The van der Waals surface area contributed by atoms with Gasteiger partial charge < -0.3 is 29.4 Å². The number of rotatable bonds is 15. The standard InChI is InChI=1S/C41H40ClN7O6/c1-26(28-12-9-11-27(19-28)20-32(50)15-10-18-49(2,3)25-29-16-17-43-38(29)48(52)53)47-39-30(24-44-41(46-39)45-31-13-7-6-8-14-31)21-35(40(47)51)34-22-33(54-4)23-36(55-5)37(34)42/h6-15,17,19,21-24,26H,16,18,20,25H2,1-5H3/p+1/b15-10+. The Morgan fingerprint density at radius 2 is 1.85 bits per heavy atom. The number of methoxy groups -OCH3 is 2. The first-order valence-electron chi connectivity index (χ1n) is 17.5. The molecule has 1 N–H and O–H groups in total. The number of hydrogen-bond acceptors (Lipinski definition) is 10. The van der Waals surface area contributed by atoms with Gasteiger partial charge in [0.05, 0.1) is 51.5 Å². The molecule has 3 aromatic carbocycles. The zero-order chi connectivity index (χ0) is 39.3. The van der Waals surface area contributed by atoms with Crippen LogP contribution in [0.5, 0.6) is 11.5 Å². The Morgan fingerprint density at radius 3 is 2.58 bits per heavy atom. The van der Waals surface area contributed by atoms with E-state index in [1.54, 1.807) is 47.3 Å². The average Bonchev–Trinajstić information content (AvgIpc) is 3.63. The van der Waals surface area contributed by atoms with Crippen LogP contribution in [0.15, 0.2) is 112 Å². The summed E-state index contributed by atoms with van der Waals surface area (Å²) in [6, 6.07) is 21.6. The first-order valence-corrected chi connectivity index (χ1v) is 17.9. The number of allylic oxidation sites excluding steroid dienone is 1. The van der Waals surface area contributed by atoms with Crippen LogP contribution in [0.3, 0.4) is 0 Å². The molecular weight excluding hydrogens is 722 g/mol. The molecule has 14 heteroatoms. The van der Waals surface area contributed by atoms with E-state index in [1.165, 1.54) is 14.2 Å². The van der Waals surface area contributed by atoms with Crippen LogP contribution in [0.4, 0.5) is 11.6 Å². The van der Waals surface area contributed by atoms with Crippen LogP contribution >= 0.6 is 11.6 Å². The van der Waals surface area contributed by atoms with E-state index in [0.717, 1.165) is 16.8 Å². The Balaban J connectivity index is 1.32. The van der Waals surface area contributed by atoms with Gasteiger partial charge in [-0.25, -0.2) is 4.98 Å². The monoisotopic (exact) mass is 762 g/mol. The fourth-order valence-electron chi connectivity index (χ4n) is 6.58. The molecule has 0 amide bonds. The van der Waals surface area contributed by atoms with Gasteiger partial charge in [0, 0.05) is 47.3 Å². The number of ketones is 1. The van der Waals surface area contributed by atoms with Gasteiger partial charge in [0.2, 0.25) is 5.95 Å². The molecule has 6 rings (SSSR count). The Kier molecular flexibility index (Phi) is 11.5. The Labute approximate surface area is 323 Å². The number of halogens is 1. The lowest BCUT2D eigenvalue weighted by molar-refractivity contribution is -0.880. The van der Waals surface area contributed by atoms with Crippen LogP contribution < -0.4 is 20.3 Å². The summed E-state index contributed by atoms with van der Waals surface area (Å²) in [5.41, 5.74) is 3.79. The number of para-hydroxylation sites is 1. The molecular formula is C41H41ClN7O6+. The third-order valence-corrected chi connectivity index (χ3v) is 9.71. The second kappa shape index (κ2) is 16.5. The van der Waals surface area contributed by atoms with Crippen molar-refractivity contribution in [2.45, 2.75) is 25.8 Å². The number of nitrogens with zero attached hydrogens (tertiary/aromatic N) is 6. The lowest BCUT2D eigenvalue weighted by Crippen LogP contribution is -2.41. The highest BCUT2D eigenvalue weighted by molar-refractivity contribution is 6.35. The summed E-state index contributed by atoms with van der Waals surface area (Å²) >= 11 is 6.81. The summed E-state index contributed by atoms with van der Waals surface area (Å²) < 4.78 is 13.0. The number of nitrogens with one attached hydrogen (secondary N) is 1. The summed E-state index contributed by atoms with van der Waals surface area (Å²) in [7, 11) is 6.92. The maximum absolute atomic E-state index is 14.7. The molecule has 1 atom stereocenters. The fourth-order valence-corrected chi connectivity index (χ4v) is 6.87. The molecule has 1 unspecified atom stereocenters. The number of quaternary nitrogens is 1. The van der Waals surface area contributed by atoms with Crippen molar-refractivity contribution in [2.24, 2.45) is 4.99 Å². The lowest BCUT2D eigenvalue weighted by Gasteiger charge is -2.28. The normalized spacial score (nSPS) is 13.4. The summed E-state index contributed by atoms with van der Waals surface area (Å²) in [6.07, 6.45) is 7.15. The summed E-state index contributed by atoms with van der Waals surface area (Å²) in [4.78, 5) is 52.0. The van der Waals surface area contributed by atoms with Crippen LogP contribution in [0.1, 0.15) is 30.5 Å². The van der Waals surface area contributed by atoms with Gasteiger partial charge in [-0.3, -0.25) is 14.2 Å². The third-order valence-electron chi connectivity index (χ3n) is 9.32.